The summed E-state index contributed by atoms with van der Waals surface area (Å²) in [4.78, 5) is 6.40. The molecule has 5 heteroatoms. The number of hydrogen-bond donors (Lipinski definition) is 3. The van der Waals surface area contributed by atoms with Gasteiger partial charge in [-0.2, -0.15) is 0 Å². The van der Waals surface area contributed by atoms with E-state index in [1.807, 2.05) is 5.48 Å². The second-order valence-electron chi connectivity index (χ2n) is 4.43. The summed E-state index contributed by atoms with van der Waals surface area (Å²) in [7, 11) is 2.13. The van der Waals surface area contributed by atoms with E-state index in [1.54, 1.807) is 0 Å². The molecule has 0 bridgehead atoms. The summed E-state index contributed by atoms with van der Waals surface area (Å²) in [5, 5.41) is 8.48. The van der Waals surface area contributed by atoms with Crippen LogP contribution in [-0.2, 0) is 0 Å². The lowest BCUT2D eigenvalue weighted by atomic mass is 9.80. The Morgan fingerprint density at radius 3 is 2.64 bits per heavy atom. The molecule has 0 aromatic rings. The van der Waals surface area contributed by atoms with Crippen molar-refractivity contribution in [2.24, 2.45) is 16.1 Å². The fraction of sp³-hybridized carbons (Fsp3) is 0.889. The van der Waals surface area contributed by atoms with Crippen LogP contribution >= 0.6 is 0 Å². The molecule has 1 aliphatic heterocycles. The number of likely N-dealkylation sites (tertiary alicyclic amines) is 1. The van der Waals surface area contributed by atoms with Gasteiger partial charge >= 0.3 is 0 Å². The normalized spacial score (nSPS) is 23.5. The Kier molecular flexibility index (Phi) is 3.71. The average Bonchev–Trinajstić information content (AvgIpc) is 2.20. The van der Waals surface area contributed by atoms with E-state index in [0.29, 0.717) is 6.54 Å². The molecule has 0 aliphatic carbocycles. The van der Waals surface area contributed by atoms with Crippen molar-refractivity contribution in [3.05, 3.63) is 0 Å². The molecule has 0 unspecified atom stereocenters. The highest BCUT2D eigenvalue weighted by Gasteiger charge is 2.28. The number of guanidine groups is 1. The van der Waals surface area contributed by atoms with E-state index in [1.165, 1.54) is 0 Å². The van der Waals surface area contributed by atoms with Crippen molar-refractivity contribution < 1.29 is 5.21 Å². The molecule has 1 heterocycles. The van der Waals surface area contributed by atoms with E-state index < -0.39 is 0 Å². The Morgan fingerprint density at radius 1 is 1.57 bits per heavy atom. The first kappa shape index (κ1) is 11.3. The van der Waals surface area contributed by atoms with Crippen LogP contribution in [0.4, 0.5) is 0 Å². The van der Waals surface area contributed by atoms with Gasteiger partial charge in [-0.15, -0.1) is 0 Å². The van der Waals surface area contributed by atoms with Gasteiger partial charge in [0.05, 0.1) is 0 Å². The predicted octanol–water partition coefficient (Wildman–Crippen LogP) is 0.0118. The number of piperidine rings is 1. The van der Waals surface area contributed by atoms with Crippen molar-refractivity contribution in [1.82, 2.24) is 10.4 Å². The van der Waals surface area contributed by atoms with E-state index in [9.17, 15) is 0 Å². The lowest BCUT2D eigenvalue weighted by Crippen LogP contribution is -2.39. The number of rotatable bonds is 2. The van der Waals surface area contributed by atoms with Gasteiger partial charge in [0.1, 0.15) is 0 Å². The van der Waals surface area contributed by atoms with Crippen LogP contribution in [0.2, 0.25) is 0 Å². The molecule has 82 valence electrons. The van der Waals surface area contributed by atoms with Crippen LogP contribution in [0.1, 0.15) is 19.8 Å². The van der Waals surface area contributed by atoms with Crippen molar-refractivity contribution in [1.29, 1.82) is 0 Å². The first-order valence-corrected chi connectivity index (χ1v) is 4.94. The number of nitrogens with one attached hydrogen (secondary N) is 1. The third kappa shape index (κ3) is 3.16. The second-order valence-corrected chi connectivity index (χ2v) is 4.43. The highest BCUT2D eigenvalue weighted by Crippen LogP contribution is 2.30. The molecular weight excluding hydrogens is 180 g/mol. The van der Waals surface area contributed by atoms with E-state index in [4.69, 9.17) is 10.9 Å². The zero-order valence-electron chi connectivity index (χ0n) is 8.95. The summed E-state index contributed by atoms with van der Waals surface area (Å²) in [5.74, 6) is 0.102. The SMILES string of the molecule is CN1CCC(C)(CN=C(N)NO)CC1. The van der Waals surface area contributed by atoms with Gasteiger partial charge < -0.3 is 10.6 Å². The summed E-state index contributed by atoms with van der Waals surface area (Å²) < 4.78 is 0. The number of nitrogens with zero attached hydrogens (tertiary/aromatic N) is 2. The van der Waals surface area contributed by atoms with Gasteiger partial charge in [-0.25, -0.2) is 5.48 Å². The Hall–Kier alpha value is -0.810. The van der Waals surface area contributed by atoms with Crippen molar-refractivity contribution >= 4 is 5.96 Å². The average molecular weight is 200 g/mol. The molecule has 0 atom stereocenters. The van der Waals surface area contributed by atoms with Crippen molar-refractivity contribution in [3.63, 3.8) is 0 Å². The van der Waals surface area contributed by atoms with Crippen molar-refractivity contribution in [3.8, 4) is 0 Å². The maximum Gasteiger partial charge on any atom is 0.212 e. The third-order valence-electron chi connectivity index (χ3n) is 2.94. The third-order valence-corrected chi connectivity index (χ3v) is 2.94. The van der Waals surface area contributed by atoms with E-state index in [2.05, 4.69) is 23.9 Å². The minimum atomic E-state index is 0.102. The minimum absolute atomic E-state index is 0.102. The van der Waals surface area contributed by atoms with Gasteiger partial charge in [0, 0.05) is 6.54 Å². The molecular formula is C9H20N4O. The first-order valence-electron chi connectivity index (χ1n) is 4.94. The van der Waals surface area contributed by atoms with Gasteiger partial charge in [0.25, 0.3) is 0 Å². The maximum atomic E-state index is 8.48. The lowest BCUT2D eigenvalue weighted by molar-refractivity contribution is 0.146. The quantitative estimate of drug-likeness (QED) is 0.333. The van der Waals surface area contributed by atoms with Crippen LogP contribution in [0.15, 0.2) is 4.99 Å². The molecule has 0 amide bonds. The van der Waals surface area contributed by atoms with Gasteiger partial charge in [-0.3, -0.25) is 10.2 Å². The Bertz CT molecular complexity index is 209. The van der Waals surface area contributed by atoms with Crippen LogP contribution in [0.25, 0.3) is 0 Å². The van der Waals surface area contributed by atoms with Crippen LogP contribution in [0.5, 0.6) is 0 Å². The minimum Gasteiger partial charge on any atom is -0.368 e. The van der Waals surface area contributed by atoms with E-state index in [0.717, 1.165) is 25.9 Å². The lowest BCUT2D eigenvalue weighted by Gasteiger charge is -2.36. The molecule has 0 spiro atoms. The molecule has 0 aromatic heterocycles. The molecule has 0 saturated carbocycles. The Balaban J connectivity index is 2.43. The number of aliphatic imine (C=N–C) groups is 1. The molecule has 1 rings (SSSR count). The van der Waals surface area contributed by atoms with Crippen LogP contribution in [0.3, 0.4) is 0 Å². The largest absolute Gasteiger partial charge is 0.368 e. The summed E-state index contributed by atoms with van der Waals surface area (Å²) in [6, 6.07) is 0. The molecule has 1 saturated heterocycles. The van der Waals surface area contributed by atoms with E-state index >= 15 is 0 Å². The monoisotopic (exact) mass is 200 g/mol. The highest BCUT2D eigenvalue weighted by atomic mass is 16.5. The van der Waals surface area contributed by atoms with Crippen molar-refractivity contribution in [2.75, 3.05) is 26.7 Å². The molecule has 4 N–H and O–H groups in total. The number of hydroxylamine groups is 1. The fourth-order valence-electron chi connectivity index (χ4n) is 1.63. The summed E-state index contributed by atoms with van der Waals surface area (Å²) in [6.45, 7) is 5.12. The standard InChI is InChI=1S/C9H20N4O/c1-9(7-11-8(10)12-14)3-5-13(2)6-4-9/h14H,3-7H2,1-2H3,(H3,10,11,12). The van der Waals surface area contributed by atoms with Crippen LogP contribution in [0, 0.1) is 5.41 Å². The highest BCUT2D eigenvalue weighted by molar-refractivity contribution is 5.76. The summed E-state index contributed by atoms with van der Waals surface area (Å²) in [5.41, 5.74) is 7.43. The van der Waals surface area contributed by atoms with Gasteiger partial charge in [0.15, 0.2) is 0 Å². The zero-order chi connectivity index (χ0) is 10.6. The molecule has 1 aliphatic rings. The van der Waals surface area contributed by atoms with Crippen molar-refractivity contribution in [2.45, 2.75) is 19.8 Å². The topological polar surface area (TPSA) is 73.9 Å². The smallest absolute Gasteiger partial charge is 0.212 e. The molecule has 0 aromatic carbocycles. The maximum absolute atomic E-state index is 8.48. The molecule has 14 heavy (non-hydrogen) atoms. The van der Waals surface area contributed by atoms with E-state index in [-0.39, 0.29) is 11.4 Å². The number of hydrogen-bond acceptors (Lipinski definition) is 3. The fourth-order valence-corrected chi connectivity index (χ4v) is 1.63. The van der Waals surface area contributed by atoms with Crippen LogP contribution < -0.4 is 11.2 Å². The van der Waals surface area contributed by atoms with Crippen LogP contribution in [-0.4, -0.2) is 42.7 Å². The molecule has 0 radical (unpaired) electrons. The Morgan fingerprint density at radius 2 is 2.14 bits per heavy atom. The predicted molar refractivity (Wildman–Crippen MR) is 56.2 cm³/mol. The molecule has 5 nitrogen and oxygen atoms in total. The van der Waals surface area contributed by atoms with Gasteiger partial charge in [0.2, 0.25) is 5.96 Å². The Labute approximate surface area is 84.9 Å². The summed E-state index contributed by atoms with van der Waals surface area (Å²) >= 11 is 0. The van der Waals surface area contributed by atoms with Gasteiger partial charge in [-0.05, 0) is 38.4 Å². The molecule has 1 fully saturated rings. The number of nitrogens with two attached hydrogens (primary N) is 1. The first-order chi connectivity index (χ1) is 6.56. The summed E-state index contributed by atoms with van der Waals surface area (Å²) in [6.07, 6.45) is 2.26. The van der Waals surface area contributed by atoms with Gasteiger partial charge in [-0.1, -0.05) is 6.92 Å². The zero-order valence-corrected chi connectivity index (χ0v) is 8.95. The second kappa shape index (κ2) is 4.61.